The molecule has 1 saturated heterocycles. The molecule has 3 aromatic carbocycles. The number of halogens is 3. The van der Waals surface area contributed by atoms with Crippen LogP contribution < -0.4 is 16.0 Å². The number of methoxy groups -OCH3 is 1. The number of nitrogens with zero attached hydrogens (tertiary/aromatic N) is 1. The number of hydrogen-bond acceptors (Lipinski definition) is 9. The van der Waals surface area contributed by atoms with Gasteiger partial charge in [-0.1, -0.05) is 85.8 Å². The smallest absolute Gasteiger partial charge is 0.422 e. The first kappa shape index (κ1) is 39.3. The van der Waals surface area contributed by atoms with Gasteiger partial charge in [-0.15, -0.1) is 11.3 Å². The number of aromatic nitrogens is 1. The number of rotatable bonds is 13. The highest BCUT2D eigenvalue weighted by atomic mass is 32.1. The number of hydrogen-bond donors (Lipinski definition) is 5. The monoisotopic (exact) mass is 756 g/mol. The number of thiazole rings is 1. The lowest BCUT2D eigenvalue weighted by Gasteiger charge is -2.38. The number of alkyl halides is 3. The number of morpholine rings is 1. The van der Waals surface area contributed by atoms with Gasteiger partial charge in [0.25, 0.3) is 0 Å². The van der Waals surface area contributed by atoms with Crippen LogP contribution in [0.25, 0.3) is 0 Å². The predicted octanol–water partition coefficient (Wildman–Crippen LogP) is 7.15. The molecule has 1 aliphatic heterocycles. The third-order valence-corrected chi connectivity index (χ3v) is 11.3. The van der Waals surface area contributed by atoms with Crippen molar-refractivity contribution in [1.29, 1.82) is 0 Å². The second-order valence-electron chi connectivity index (χ2n) is 12.7. The topological polar surface area (TPSA) is 122 Å². The van der Waals surface area contributed by atoms with Crippen LogP contribution in [0.15, 0.2) is 91.1 Å². The average Bonchev–Trinajstić information content (AvgIpc) is 3.65. The molecular weight excluding hydrogens is 714 g/mol. The minimum absolute atomic E-state index is 0.174. The second-order valence-corrected chi connectivity index (χ2v) is 14.4. The number of para-hydroxylation sites is 1. The molecule has 52 heavy (non-hydrogen) atoms. The zero-order chi connectivity index (χ0) is 37.5. The first-order chi connectivity index (χ1) is 24.9. The zero-order valence-corrected chi connectivity index (χ0v) is 30.7. The predicted molar refractivity (Wildman–Crippen MR) is 198 cm³/mol. The van der Waals surface area contributed by atoms with Gasteiger partial charge in [0, 0.05) is 30.4 Å². The Morgan fingerprint density at radius 2 is 1.67 bits per heavy atom. The largest absolute Gasteiger partial charge is 0.453 e. The molecule has 6 atom stereocenters. The third kappa shape index (κ3) is 8.97. The lowest BCUT2D eigenvalue weighted by molar-refractivity contribution is -0.266. The lowest BCUT2D eigenvalue weighted by atomic mass is 9.84. The van der Waals surface area contributed by atoms with Crippen molar-refractivity contribution in [3.63, 3.8) is 0 Å². The van der Waals surface area contributed by atoms with Gasteiger partial charge >= 0.3 is 12.3 Å². The number of thiol groups is 1. The molecule has 0 aliphatic carbocycles. The van der Waals surface area contributed by atoms with Gasteiger partial charge in [0.05, 0.1) is 29.4 Å². The summed E-state index contributed by atoms with van der Waals surface area (Å²) >= 11 is 5.50. The number of carbonyl (C=O) groups excluding carboxylic acids is 2. The van der Waals surface area contributed by atoms with E-state index in [9.17, 15) is 27.9 Å². The number of benzene rings is 3. The third-order valence-electron chi connectivity index (χ3n) is 9.39. The fourth-order valence-corrected chi connectivity index (χ4v) is 8.05. The number of amides is 2. The van der Waals surface area contributed by atoms with E-state index in [-0.39, 0.29) is 17.0 Å². The van der Waals surface area contributed by atoms with Crippen LogP contribution in [0.1, 0.15) is 64.4 Å². The quantitative estimate of drug-likeness (QED) is 0.0920. The Morgan fingerprint density at radius 1 is 1.06 bits per heavy atom. The van der Waals surface area contributed by atoms with Crippen LogP contribution in [0, 0.1) is 0 Å². The van der Waals surface area contributed by atoms with Crippen molar-refractivity contribution in [1.82, 2.24) is 15.6 Å². The number of nitrogens with one attached hydrogen (secondary N) is 3. The minimum Gasteiger partial charge on any atom is -0.453 e. The Kier molecular flexibility index (Phi) is 13.0. The summed E-state index contributed by atoms with van der Waals surface area (Å²) in [6, 6.07) is 25.1. The highest BCUT2D eigenvalue weighted by Crippen LogP contribution is 2.45. The van der Waals surface area contributed by atoms with E-state index in [0.29, 0.717) is 30.1 Å². The summed E-state index contributed by atoms with van der Waals surface area (Å²) in [6.45, 7) is 3.72. The number of anilines is 1. The molecule has 2 amide bonds. The molecule has 2 heterocycles. The van der Waals surface area contributed by atoms with E-state index >= 15 is 0 Å². The first-order valence-electron chi connectivity index (χ1n) is 17.0. The zero-order valence-electron chi connectivity index (χ0n) is 29.0. The molecule has 0 radical (unpaired) electrons. The molecule has 9 nitrogen and oxygen atoms in total. The van der Waals surface area contributed by atoms with Gasteiger partial charge in [-0.2, -0.15) is 25.8 Å². The SMILES string of the molecule is CCC(O)(c1cnc(C(S)[C@H]2O[C@H](CCc3ccccc3NC(=O)[C@@H](NC(=O)OC)C(c3ccccc3)c3ccccc3)CN[C@@H]2C)s1)C(F)(F)F. The Morgan fingerprint density at radius 3 is 2.27 bits per heavy atom. The number of aliphatic hydroxyl groups is 1. The van der Waals surface area contributed by atoms with Crippen LogP contribution in [0.4, 0.5) is 23.7 Å². The normalized spacial score (nSPS) is 20.1. The molecule has 4 N–H and O–H groups in total. The maximum atomic E-state index is 14.1. The summed E-state index contributed by atoms with van der Waals surface area (Å²) in [7, 11) is 1.25. The van der Waals surface area contributed by atoms with E-state index in [1.807, 2.05) is 85.8 Å². The Labute approximate surface area is 310 Å². The molecule has 0 saturated carbocycles. The molecule has 5 rings (SSSR count). The maximum absolute atomic E-state index is 14.1. The Balaban J connectivity index is 1.31. The summed E-state index contributed by atoms with van der Waals surface area (Å²) in [4.78, 5) is 30.6. The van der Waals surface area contributed by atoms with E-state index in [4.69, 9.17) is 22.1 Å². The molecular formula is C38H43F3N4O5S2. The van der Waals surface area contributed by atoms with Gasteiger partial charge in [0.2, 0.25) is 5.91 Å². The van der Waals surface area contributed by atoms with Crippen molar-refractivity contribution in [2.24, 2.45) is 0 Å². The summed E-state index contributed by atoms with van der Waals surface area (Å²) in [5.41, 5.74) is 0.108. The molecule has 2 unspecified atom stereocenters. The van der Waals surface area contributed by atoms with Gasteiger partial charge in [-0.3, -0.25) is 4.79 Å². The molecule has 1 aromatic heterocycles. The number of aryl methyl sites for hydroxylation is 1. The van der Waals surface area contributed by atoms with Gasteiger partial charge in [0.1, 0.15) is 11.0 Å². The van der Waals surface area contributed by atoms with Gasteiger partial charge in [-0.05, 0) is 48.9 Å². The van der Waals surface area contributed by atoms with Crippen molar-refractivity contribution >= 4 is 41.7 Å². The number of alkyl carbamates (subject to hydrolysis) is 1. The van der Waals surface area contributed by atoms with E-state index < -0.39 is 53.5 Å². The Bertz CT molecular complexity index is 1740. The second kappa shape index (κ2) is 17.3. The molecule has 1 fully saturated rings. The maximum Gasteiger partial charge on any atom is 0.422 e. The number of carbonyl (C=O) groups is 2. The molecule has 0 bridgehead atoms. The summed E-state index contributed by atoms with van der Waals surface area (Å²) in [6.07, 6.45) is -4.79. The number of ether oxygens (including phenoxy) is 2. The van der Waals surface area contributed by atoms with Gasteiger partial charge < -0.3 is 30.5 Å². The van der Waals surface area contributed by atoms with Crippen LogP contribution in [0.2, 0.25) is 0 Å². The van der Waals surface area contributed by atoms with Crippen LogP contribution in [-0.4, -0.2) is 66.2 Å². The lowest BCUT2D eigenvalue weighted by Crippen LogP contribution is -2.52. The molecule has 1 aliphatic rings. The average molecular weight is 757 g/mol. The van der Waals surface area contributed by atoms with Crippen LogP contribution in [-0.2, 0) is 26.3 Å². The summed E-state index contributed by atoms with van der Waals surface area (Å²) in [5, 5.41) is 19.3. The molecule has 14 heteroatoms. The summed E-state index contributed by atoms with van der Waals surface area (Å²) < 4.78 is 52.5. The van der Waals surface area contributed by atoms with E-state index in [2.05, 4.69) is 20.9 Å². The summed E-state index contributed by atoms with van der Waals surface area (Å²) in [5.74, 6) is -0.956. The van der Waals surface area contributed by atoms with Crippen molar-refractivity contribution in [2.75, 3.05) is 19.0 Å². The van der Waals surface area contributed by atoms with E-state index in [1.54, 1.807) is 6.07 Å². The van der Waals surface area contributed by atoms with Crippen LogP contribution in [0.5, 0.6) is 0 Å². The standard InChI is InChI=1S/C38H43F3N4O5S2/c1-4-37(48,38(39,40)41)29-22-43-35(52-29)33(51)32-23(2)42-21-27(50-32)20-19-24-13-11-12-18-28(24)44-34(46)31(45-36(47)49-3)30(25-14-7-5-8-15-25)26-16-9-6-10-17-26/h5-18,22-23,27,30-33,42,48,51H,4,19-21H2,1-3H3,(H,44,46)(H,45,47)/t23-,27-,31+,32+,33?,37?/m1/s1. The van der Waals surface area contributed by atoms with Crippen molar-refractivity contribution in [3.05, 3.63) is 118 Å². The fraction of sp³-hybridized carbons (Fsp3) is 0.395. The van der Waals surface area contributed by atoms with Crippen molar-refractivity contribution in [2.45, 2.75) is 80.3 Å². The highest BCUT2D eigenvalue weighted by Gasteiger charge is 2.55. The van der Waals surface area contributed by atoms with Gasteiger partial charge in [-0.25, -0.2) is 9.78 Å². The fourth-order valence-electron chi connectivity index (χ4n) is 6.38. The minimum atomic E-state index is -4.85. The van der Waals surface area contributed by atoms with E-state index in [1.165, 1.54) is 14.0 Å². The van der Waals surface area contributed by atoms with Gasteiger partial charge in [0.15, 0.2) is 5.60 Å². The highest BCUT2D eigenvalue weighted by molar-refractivity contribution is 7.80. The Hall–Kier alpha value is -3.95. The van der Waals surface area contributed by atoms with Crippen molar-refractivity contribution in [3.8, 4) is 0 Å². The van der Waals surface area contributed by atoms with Crippen molar-refractivity contribution < 1.29 is 37.3 Å². The van der Waals surface area contributed by atoms with Crippen LogP contribution >= 0.6 is 24.0 Å². The molecule has 278 valence electrons. The molecule has 4 aromatic rings. The van der Waals surface area contributed by atoms with E-state index in [0.717, 1.165) is 34.2 Å². The first-order valence-corrected chi connectivity index (χ1v) is 18.3. The molecule has 0 spiro atoms. The van der Waals surface area contributed by atoms with Crippen LogP contribution in [0.3, 0.4) is 0 Å².